The molecule has 2 aromatic rings. The Kier molecular flexibility index (Phi) is 4.79. The number of benzene rings is 1. The van der Waals surface area contributed by atoms with E-state index in [1.54, 1.807) is 6.07 Å². The average molecular weight is 324 g/mol. The summed E-state index contributed by atoms with van der Waals surface area (Å²) in [6.45, 7) is 5.98. The quantitative estimate of drug-likeness (QED) is 0.897. The lowest BCUT2D eigenvalue weighted by atomic mass is 10.1. The molecular formula is C19H24N4O. The first-order valence-electron chi connectivity index (χ1n) is 8.52. The summed E-state index contributed by atoms with van der Waals surface area (Å²) in [5, 5.41) is 6.30. The van der Waals surface area contributed by atoms with Gasteiger partial charge in [0.1, 0.15) is 5.69 Å². The zero-order valence-corrected chi connectivity index (χ0v) is 14.5. The smallest absolute Gasteiger partial charge is 0.270 e. The SMILES string of the molecule is Cc1ccc(Nc2nc(C)cc(C(=O)NC3CCCC3)n2)c(C)c1. The first-order chi connectivity index (χ1) is 11.5. The van der Waals surface area contributed by atoms with Gasteiger partial charge >= 0.3 is 0 Å². The van der Waals surface area contributed by atoms with Crippen molar-refractivity contribution in [3.63, 3.8) is 0 Å². The van der Waals surface area contributed by atoms with E-state index in [-0.39, 0.29) is 11.9 Å². The maximum absolute atomic E-state index is 12.4. The van der Waals surface area contributed by atoms with E-state index in [4.69, 9.17) is 0 Å². The fourth-order valence-electron chi connectivity index (χ4n) is 3.14. The molecule has 0 radical (unpaired) electrons. The zero-order valence-electron chi connectivity index (χ0n) is 14.5. The highest BCUT2D eigenvalue weighted by Crippen LogP contribution is 2.21. The Hall–Kier alpha value is -2.43. The lowest BCUT2D eigenvalue weighted by Gasteiger charge is -2.13. The molecule has 0 unspecified atom stereocenters. The van der Waals surface area contributed by atoms with Crippen LogP contribution in [0.4, 0.5) is 11.6 Å². The average Bonchev–Trinajstić information content (AvgIpc) is 3.02. The Bertz CT molecular complexity index is 751. The van der Waals surface area contributed by atoms with Crippen LogP contribution in [0.3, 0.4) is 0 Å². The second-order valence-corrected chi connectivity index (χ2v) is 6.62. The summed E-state index contributed by atoms with van der Waals surface area (Å²) < 4.78 is 0. The molecule has 3 rings (SSSR count). The van der Waals surface area contributed by atoms with Gasteiger partial charge < -0.3 is 10.6 Å². The topological polar surface area (TPSA) is 66.9 Å². The Morgan fingerprint density at radius 2 is 1.83 bits per heavy atom. The van der Waals surface area contributed by atoms with Crippen molar-refractivity contribution in [3.05, 3.63) is 46.8 Å². The number of amides is 1. The van der Waals surface area contributed by atoms with E-state index < -0.39 is 0 Å². The standard InChI is InChI=1S/C19H24N4O/c1-12-8-9-16(13(2)10-12)22-19-20-14(3)11-17(23-19)18(24)21-15-6-4-5-7-15/h8-11,15H,4-7H2,1-3H3,(H,21,24)(H,20,22,23). The van der Waals surface area contributed by atoms with Gasteiger partial charge in [-0.25, -0.2) is 9.97 Å². The fraction of sp³-hybridized carbons (Fsp3) is 0.421. The van der Waals surface area contributed by atoms with Gasteiger partial charge in [-0.1, -0.05) is 30.5 Å². The van der Waals surface area contributed by atoms with E-state index in [1.807, 2.05) is 26.0 Å². The minimum atomic E-state index is -0.115. The summed E-state index contributed by atoms with van der Waals surface area (Å²) in [4.78, 5) is 21.2. The van der Waals surface area contributed by atoms with E-state index in [1.165, 1.54) is 18.4 Å². The number of aromatic nitrogens is 2. The van der Waals surface area contributed by atoms with Crippen LogP contribution < -0.4 is 10.6 Å². The lowest BCUT2D eigenvalue weighted by Crippen LogP contribution is -2.33. The monoisotopic (exact) mass is 324 g/mol. The van der Waals surface area contributed by atoms with Crippen LogP contribution in [-0.4, -0.2) is 21.9 Å². The highest BCUT2D eigenvalue weighted by Gasteiger charge is 2.19. The zero-order chi connectivity index (χ0) is 17.1. The Labute approximate surface area is 142 Å². The Balaban J connectivity index is 1.79. The van der Waals surface area contributed by atoms with E-state index in [9.17, 15) is 4.79 Å². The molecule has 0 spiro atoms. The van der Waals surface area contributed by atoms with Gasteiger partial charge in [-0.2, -0.15) is 0 Å². The number of nitrogens with zero attached hydrogens (tertiary/aromatic N) is 2. The van der Waals surface area contributed by atoms with Crippen molar-refractivity contribution in [1.82, 2.24) is 15.3 Å². The molecule has 1 amide bonds. The van der Waals surface area contributed by atoms with Gasteiger partial charge in [-0.05, 0) is 51.3 Å². The van der Waals surface area contributed by atoms with E-state index >= 15 is 0 Å². The predicted molar refractivity (Wildman–Crippen MR) is 95.7 cm³/mol. The van der Waals surface area contributed by atoms with Crippen LogP contribution in [0.25, 0.3) is 0 Å². The third-order valence-electron chi connectivity index (χ3n) is 4.41. The van der Waals surface area contributed by atoms with Gasteiger partial charge in [0.15, 0.2) is 0 Å². The number of nitrogens with one attached hydrogen (secondary N) is 2. The van der Waals surface area contributed by atoms with Gasteiger partial charge in [0.05, 0.1) is 0 Å². The van der Waals surface area contributed by atoms with Crippen LogP contribution in [-0.2, 0) is 0 Å². The van der Waals surface area contributed by atoms with Crippen LogP contribution in [0.5, 0.6) is 0 Å². The van der Waals surface area contributed by atoms with Gasteiger partial charge in [0.25, 0.3) is 5.91 Å². The summed E-state index contributed by atoms with van der Waals surface area (Å²) in [7, 11) is 0. The maximum Gasteiger partial charge on any atom is 0.270 e. The first-order valence-corrected chi connectivity index (χ1v) is 8.52. The van der Waals surface area contributed by atoms with Crippen LogP contribution >= 0.6 is 0 Å². The Morgan fingerprint density at radius 3 is 2.54 bits per heavy atom. The number of hydrogen-bond acceptors (Lipinski definition) is 4. The molecule has 0 atom stereocenters. The molecule has 5 nitrogen and oxygen atoms in total. The van der Waals surface area contributed by atoms with Crippen LogP contribution in [0.2, 0.25) is 0 Å². The van der Waals surface area contributed by atoms with E-state index in [0.29, 0.717) is 11.6 Å². The van der Waals surface area contributed by atoms with Crippen molar-refractivity contribution in [2.24, 2.45) is 0 Å². The molecule has 1 saturated carbocycles. The van der Waals surface area contributed by atoms with E-state index in [0.717, 1.165) is 29.8 Å². The van der Waals surface area contributed by atoms with Crippen molar-refractivity contribution < 1.29 is 4.79 Å². The van der Waals surface area contributed by atoms with Gasteiger partial charge in [0.2, 0.25) is 5.95 Å². The van der Waals surface area contributed by atoms with Crippen LogP contribution in [0.1, 0.15) is 53.0 Å². The normalized spacial score (nSPS) is 14.6. The molecule has 1 aliphatic rings. The highest BCUT2D eigenvalue weighted by molar-refractivity contribution is 5.93. The molecule has 0 saturated heterocycles. The minimum Gasteiger partial charge on any atom is -0.348 e. The molecule has 126 valence electrons. The number of rotatable bonds is 4. The number of anilines is 2. The molecule has 1 aliphatic carbocycles. The second kappa shape index (κ2) is 6.99. The van der Waals surface area contributed by atoms with Crippen molar-refractivity contribution in [2.45, 2.75) is 52.5 Å². The molecule has 1 fully saturated rings. The van der Waals surface area contributed by atoms with Crippen LogP contribution in [0.15, 0.2) is 24.3 Å². The van der Waals surface area contributed by atoms with Crippen molar-refractivity contribution in [2.75, 3.05) is 5.32 Å². The largest absolute Gasteiger partial charge is 0.348 e. The number of carbonyl (C=O) groups excluding carboxylic acids is 1. The summed E-state index contributed by atoms with van der Waals surface area (Å²) in [6.07, 6.45) is 4.49. The third-order valence-corrected chi connectivity index (χ3v) is 4.41. The second-order valence-electron chi connectivity index (χ2n) is 6.62. The van der Waals surface area contributed by atoms with Crippen molar-refractivity contribution >= 4 is 17.5 Å². The van der Waals surface area contributed by atoms with Crippen molar-refractivity contribution in [1.29, 1.82) is 0 Å². The van der Waals surface area contributed by atoms with Gasteiger partial charge in [-0.15, -0.1) is 0 Å². The minimum absolute atomic E-state index is 0.115. The highest BCUT2D eigenvalue weighted by atomic mass is 16.1. The Morgan fingerprint density at radius 1 is 1.08 bits per heavy atom. The molecular weight excluding hydrogens is 300 g/mol. The van der Waals surface area contributed by atoms with E-state index in [2.05, 4.69) is 33.6 Å². The molecule has 24 heavy (non-hydrogen) atoms. The molecule has 2 N–H and O–H groups in total. The van der Waals surface area contributed by atoms with Gasteiger partial charge in [0, 0.05) is 17.4 Å². The molecule has 1 heterocycles. The molecule has 0 bridgehead atoms. The fourth-order valence-corrected chi connectivity index (χ4v) is 3.14. The molecule has 1 aromatic heterocycles. The number of hydrogen-bond donors (Lipinski definition) is 2. The molecule has 5 heteroatoms. The van der Waals surface area contributed by atoms with Crippen molar-refractivity contribution in [3.8, 4) is 0 Å². The summed E-state index contributed by atoms with van der Waals surface area (Å²) >= 11 is 0. The summed E-state index contributed by atoms with van der Waals surface area (Å²) in [5.41, 5.74) is 4.47. The molecule has 1 aromatic carbocycles. The number of carbonyl (C=O) groups is 1. The number of aryl methyl sites for hydroxylation is 3. The predicted octanol–water partition coefficient (Wildman–Crippen LogP) is 3.82. The van der Waals surface area contributed by atoms with Crippen LogP contribution in [0, 0.1) is 20.8 Å². The summed E-state index contributed by atoms with van der Waals surface area (Å²) in [5.74, 6) is 0.342. The maximum atomic E-state index is 12.4. The summed E-state index contributed by atoms with van der Waals surface area (Å²) in [6, 6.07) is 8.17. The third kappa shape index (κ3) is 3.91. The van der Waals surface area contributed by atoms with Gasteiger partial charge in [-0.3, -0.25) is 4.79 Å². The lowest BCUT2D eigenvalue weighted by molar-refractivity contribution is 0.0932. The molecule has 0 aliphatic heterocycles. The first kappa shape index (κ1) is 16.4.